The Bertz CT molecular complexity index is 2020. The molecule has 0 atom stereocenters. The van der Waals surface area contributed by atoms with E-state index in [9.17, 15) is 27.6 Å². The van der Waals surface area contributed by atoms with Crippen LogP contribution in [0.1, 0.15) is 75.9 Å². The molecule has 62 heavy (non-hydrogen) atoms. The van der Waals surface area contributed by atoms with Crippen molar-refractivity contribution in [3.63, 3.8) is 0 Å². The molecular formula is C43H53ClF3N9O6. The molecule has 0 aromatic heterocycles. The second kappa shape index (κ2) is 25.0. The van der Waals surface area contributed by atoms with Gasteiger partial charge in [0.05, 0.1) is 67.7 Å². The number of nitrogens with one attached hydrogen (secondary N) is 3. The van der Waals surface area contributed by atoms with Crippen LogP contribution in [0, 0.1) is 5.92 Å². The monoisotopic (exact) mass is 883 g/mol. The molecule has 3 aromatic carbocycles. The van der Waals surface area contributed by atoms with Crippen LogP contribution in [-0.4, -0.2) is 108 Å². The van der Waals surface area contributed by atoms with Crippen molar-refractivity contribution in [2.75, 3.05) is 89.1 Å². The van der Waals surface area contributed by atoms with Gasteiger partial charge in [0.25, 0.3) is 11.8 Å². The van der Waals surface area contributed by atoms with Crippen molar-refractivity contribution >= 4 is 46.9 Å². The molecule has 334 valence electrons. The molecule has 0 radical (unpaired) electrons. The average molecular weight is 884 g/mol. The predicted molar refractivity (Wildman–Crippen MR) is 231 cm³/mol. The fourth-order valence-electron chi connectivity index (χ4n) is 7.15. The van der Waals surface area contributed by atoms with Gasteiger partial charge in [-0.2, -0.15) is 18.3 Å². The number of nitrogens with zero attached hydrogens (tertiary/aromatic N) is 6. The Balaban J connectivity index is 1.08. The molecule has 3 amide bonds. The van der Waals surface area contributed by atoms with Crippen molar-refractivity contribution in [3.05, 3.63) is 104 Å². The summed E-state index contributed by atoms with van der Waals surface area (Å²) in [4.78, 5) is 46.9. The lowest BCUT2D eigenvalue weighted by Crippen LogP contribution is -2.36. The van der Waals surface area contributed by atoms with Gasteiger partial charge >= 0.3 is 6.18 Å². The van der Waals surface area contributed by atoms with Crippen molar-refractivity contribution in [3.8, 4) is 0 Å². The number of azide groups is 1. The molecule has 2 fully saturated rings. The van der Waals surface area contributed by atoms with Crippen molar-refractivity contribution in [2.24, 2.45) is 16.1 Å². The predicted octanol–water partition coefficient (Wildman–Crippen LogP) is 7.44. The molecule has 5 rings (SSSR count). The molecule has 0 unspecified atom stereocenters. The van der Waals surface area contributed by atoms with Crippen LogP contribution in [0.15, 0.2) is 70.9 Å². The van der Waals surface area contributed by atoms with E-state index in [0.717, 1.165) is 87.9 Å². The Hall–Kier alpha value is -5.23. The number of hydrogen-bond donors (Lipinski definition) is 3. The Labute approximate surface area is 363 Å². The highest BCUT2D eigenvalue weighted by atomic mass is 35.5. The number of piperidine rings is 2. The molecule has 3 aromatic rings. The second-order valence-corrected chi connectivity index (χ2v) is 15.3. The number of rotatable bonds is 22. The minimum absolute atomic E-state index is 0.00436. The summed E-state index contributed by atoms with van der Waals surface area (Å²) in [6.07, 6.45) is 1.76. The molecule has 0 spiro atoms. The van der Waals surface area contributed by atoms with Crippen molar-refractivity contribution < 1.29 is 41.8 Å². The average Bonchev–Trinajstić information content (AvgIpc) is 3.26. The molecule has 2 saturated heterocycles. The molecule has 0 saturated carbocycles. The molecule has 3 N–H and O–H groups in total. The summed E-state index contributed by atoms with van der Waals surface area (Å²) in [6, 6.07) is 15.8. The number of halogens is 4. The number of carbonyl (C=O) groups excluding carboxylic acids is 3. The molecule has 15 nitrogen and oxygen atoms in total. The van der Waals surface area contributed by atoms with Gasteiger partial charge in [0.15, 0.2) is 0 Å². The van der Waals surface area contributed by atoms with Crippen LogP contribution in [0.2, 0.25) is 5.02 Å². The summed E-state index contributed by atoms with van der Waals surface area (Å²) in [5.41, 5.74) is 12.2. The third-order valence-corrected chi connectivity index (χ3v) is 10.7. The molecule has 0 bridgehead atoms. The highest BCUT2D eigenvalue weighted by Gasteiger charge is 2.33. The Kier molecular flexibility index (Phi) is 19.3. The quantitative estimate of drug-likeness (QED) is 0.0232. The van der Waals surface area contributed by atoms with Crippen LogP contribution in [0.3, 0.4) is 0 Å². The van der Waals surface area contributed by atoms with Gasteiger partial charge in [-0.25, -0.2) is 5.43 Å². The zero-order valence-electron chi connectivity index (χ0n) is 34.5. The van der Waals surface area contributed by atoms with Gasteiger partial charge in [-0.05, 0) is 110 Å². The fourth-order valence-corrected chi connectivity index (χ4v) is 7.37. The number of ether oxygens (including phenoxy) is 3. The summed E-state index contributed by atoms with van der Waals surface area (Å²) in [5, 5.41) is 12.7. The van der Waals surface area contributed by atoms with E-state index in [1.54, 1.807) is 18.2 Å². The van der Waals surface area contributed by atoms with E-state index in [0.29, 0.717) is 64.7 Å². The van der Waals surface area contributed by atoms with E-state index >= 15 is 0 Å². The lowest BCUT2D eigenvalue weighted by atomic mass is 9.93. The van der Waals surface area contributed by atoms with Crippen LogP contribution >= 0.6 is 11.6 Å². The second-order valence-electron chi connectivity index (χ2n) is 14.9. The highest BCUT2D eigenvalue weighted by molar-refractivity contribution is 6.31. The largest absolute Gasteiger partial charge is 0.417 e. The SMILES string of the molecule is [N-]=[N+]=NCCOCCOCCOCCNC(=O)CC1CCN(Cc2cccc(C(=O)Nc3ccc(N4CCCCC4)cc3C(=O)NN=Cc3ccc(Cl)c(C(F)(F)F)c3)c2)CC1. The van der Waals surface area contributed by atoms with Crippen LogP contribution in [0.5, 0.6) is 0 Å². The number of hydrazone groups is 1. The first-order chi connectivity index (χ1) is 30.0. The highest BCUT2D eigenvalue weighted by Crippen LogP contribution is 2.35. The first kappa shape index (κ1) is 47.8. The van der Waals surface area contributed by atoms with E-state index < -0.39 is 28.6 Å². The van der Waals surface area contributed by atoms with Gasteiger partial charge in [0.1, 0.15) is 0 Å². The Morgan fingerprint density at radius 1 is 0.871 bits per heavy atom. The van der Waals surface area contributed by atoms with E-state index in [1.165, 1.54) is 6.07 Å². The number of amides is 3. The maximum atomic E-state index is 13.7. The number of benzene rings is 3. The summed E-state index contributed by atoms with van der Waals surface area (Å²) < 4.78 is 56.3. The van der Waals surface area contributed by atoms with Crippen molar-refractivity contribution in [1.82, 2.24) is 15.6 Å². The Morgan fingerprint density at radius 2 is 1.60 bits per heavy atom. The molecular weight excluding hydrogens is 831 g/mol. The number of anilines is 2. The first-order valence-corrected chi connectivity index (χ1v) is 21.1. The van der Waals surface area contributed by atoms with Crippen LogP contribution < -0.4 is 21.0 Å². The van der Waals surface area contributed by atoms with Gasteiger partial charge in [0, 0.05) is 55.3 Å². The zero-order chi connectivity index (χ0) is 44.2. The molecule has 2 heterocycles. The van der Waals surface area contributed by atoms with Crippen LogP contribution in [0.25, 0.3) is 10.4 Å². The zero-order valence-corrected chi connectivity index (χ0v) is 35.3. The standard InChI is InChI=1S/C43H53ClF3N9O6/c44-38-9-7-32(26-37(38)43(45,46)47)29-51-53-42(59)36-28-35(56-15-2-1-3-16-56)8-10-39(36)52-41(58)34-6-4-5-33(25-34)30-55-17-11-31(12-18-55)27-40(57)49-13-19-60-21-23-62-24-22-61-20-14-50-54-48/h4-10,25-26,28-29,31H,1-3,11-24,27,30H2,(H,49,57)(H,52,58)(H,53,59). The normalized spacial score (nSPS) is 15.0. The minimum atomic E-state index is -4.66. The van der Waals surface area contributed by atoms with Crippen molar-refractivity contribution in [1.29, 1.82) is 0 Å². The molecule has 2 aliphatic heterocycles. The number of likely N-dealkylation sites (tertiary alicyclic amines) is 1. The number of carbonyl (C=O) groups is 3. The van der Waals surface area contributed by atoms with E-state index in [1.807, 2.05) is 24.3 Å². The van der Waals surface area contributed by atoms with Gasteiger partial charge in [-0.15, -0.1) is 0 Å². The first-order valence-electron chi connectivity index (χ1n) is 20.7. The van der Waals surface area contributed by atoms with Crippen LogP contribution in [-0.2, 0) is 31.7 Å². The summed E-state index contributed by atoms with van der Waals surface area (Å²) >= 11 is 5.74. The summed E-state index contributed by atoms with van der Waals surface area (Å²) in [5.74, 6) is -0.803. The summed E-state index contributed by atoms with van der Waals surface area (Å²) in [6.45, 7) is 6.95. The Morgan fingerprint density at radius 3 is 2.32 bits per heavy atom. The lowest BCUT2D eigenvalue weighted by Gasteiger charge is -2.31. The van der Waals surface area contributed by atoms with Crippen molar-refractivity contribution in [2.45, 2.75) is 51.2 Å². The maximum absolute atomic E-state index is 13.7. The third-order valence-electron chi connectivity index (χ3n) is 10.4. The van der Waals surface area contributed by atoms with Crippen LogP contribution in [0.4, 0.5) is 24.5 Å². The number of hydrogen-bond acceptors (Lipinski definition) is 10. The topological polar surface area (TPSA) is 183 Å². The molecule has 0 aliphatic carbocycles. The third kappa shape index (κ3) is 15.9. The van der Waals surface area contributed by atoms with E-state index in [2.05, 4.69) is 41.0 Å². The van der Waals surface area contributed by atoms with Gasteiger partial charge in [0.2, 0.25) is 5.91 Å². The fraction of sp³-hybridized carbons (Fsp3) is 0.488. The molecule has 19 heteroatoms. The van der Waals surface area contributed by atoms with Gasteiger partial charge in [-0.1, -0.05) is 34.9 Å². The smallest absolute Gasteiger partial charge is 0.379 e. The molecule has 2 aliphatic rings. The van der Waals surface area contributed by atoms with E-state index in [4.69, 9.17) is 31.3 Å². The maximum Gasteiger partial charge on any atom is 0.417 e. The van der Waals surface area contributed by atoms with Gasteiger partial charge in [-0.3, -0.25) is 19.3 Å². The lowest BCUT2D eigenvalue weighted by molar-refractivity contribution is -0.137. The minimum Gasteiger partial charge on any atom is -0.379 e. The number of alkyl halides is 3. The van der Waals surface area contributed by atoms with Gasteiger partial charge < -0.3 is 29.7 Å². The van der Waals surface area contributed by atoms with E-state index in [-0.39, 0.29) is 35.2 Å². The summed E-state index contributed by atoms with van der Waals surface area (Å²) in [7, 11) is 0.